The Balaban J connectivity index is 0.00000342. The SMILES string of the molecule is CC1=Cc2c(-c3ccccc3)cccc2[CH]1[Ti]([CH3])([CH3])[NH]C(=O)C1CCCCCCCCCCC1.[SiH4]. The normalized spacial score (nSPS) is 20.0. The standard InChI is InChI=1S/C16H13.C13H25NO.2CH3.H4Si.Ti/c1-12-10-14-8-5-9-15(16(14)11-12)13-6-3-2-4-7-13;14-13(15)12-10-8-6-4-2-1-3-5-7-9-11-12;;;;/h2-11H,1H3;12H,1-11H2,(H2,14,15);2*1H3;1H4;/q;;;;;+1/p-1. The molecule has 0 aliphatic heterocycles. The van der Waals surface area contributed by atoms with Crippen LogP contribution in [0.1, 0.15) is 92.9 Å². The van der Waals surface area contributed by atoms with Crippen LogP contribution in [0.15, 0.2) is 54.1 Å². The number of rotatable bonds is 4. The van der Waals surface area contributed by atoms with Crippen LogP contribution in [-0.2, 0) is 21.6 Å². The summed E-state index contributed by atoms with van der Waals surface area (Å²) in [5.74, 6) is 0.549. The molecular weight excluding hydrogens is 478 g/mol. The van der Waals surface area contributed by atoms with Gasteiger partial charge in [-0.3, -0.25) is 0 Å². The van der Waals surface area contributed by atoms with Crippen molar-refractivity contribution < 1.29 is 21.6 Å². The molecule has 1 atom stereocenters. The molecule has 4 heteroatoms. The van der Waals surface area contributed by atoms with E-state index in [0.29, 0.717) is 10.1 Å². The number of fused-ring (bicyclic) bond motifs is 1. The summed E-state index contributed by atoms with van der Waals surface area (Å²) in [7, 11) is 0. The molecule has 1 saturated carbocycles. The molecule has 0 spiro atoms. The van der Waals surface area contributed by atoms with Gasteiger partial charge in [0.1, 0.15) is 0 Å². The molecule has 190 valence electrons. The monoisotopic (exact) mass is 525 g/mol. The number of carbonyl (C=O) groups is 1. The molecule has 2 aromatic rings. The first-order chi connectivity index (χ1) is 16.5. The van der Waals surface area contributed by atoms with E-state index in [0.717, 1.165) is 12.8 Å². The van der Waals surface area contributed by atoms with Crippen LogP contribution in [0.5, 0.6) is 0 Å². The molecule has 35 heavy (non-hydrogen) atoms. The second-order valence-corrected chi connectivity index (χ2v) is 17.8. The number of amides is 1. The number of benzene rings is 2. The number of allylic oxidation sites excluding steroid dienone is 1. The van der Waals surface area contributed by atoms with Gasteiger partial charge in [0, 0.05) is 0 Å². The predicted molar refractivity (Wildman–Crippen MR) is 154 cm³/mol. The van der Waals surface area contributed by atoms with Crippen LogP contribution in [0.4, 0.5) is 0 Å². The van der Waals surface area contributed by atoms with Crippen molar-refractivity contribution in [3.63, 3.8) is 0 Å². The maximum atomic E-state index is 13.6. The molecule has 0 heterocycles. The van der Waals surface area contributed by atoms with E-state index in [4.69, 9.17) is 0 Å². The Morgan fingerprint density at radius 1 is 0.800 bits per heavy atom. The van der Waals surface area contributed by atoms with E-state index in [9.17, 15) is 4.79 Å². The molecule has 4 rings (SSSR count). The Kier molecular flexibility index (Phi) is 10.6. The first-order valence-electron chi connectivity index (χ1n) is 13.7. The first-order valence-corrected chi connectivity index (χ1v) is 18.5. The van der Waals surface area contributed by atoms with Crippen LogP contribution in [0, 0.1) is 5.92 Å². The molecule has 1 N–H and O–H groups in total. The van der Waals surface area contributed by atoms with Gasteiger partial charge in [0.15, 0.2) is 0 Å². The minimum Gasteiger partial charge on any atom is -0.0149 e. The zero-order chi connectivity index (χ0) is 24.0. The van der Waals surface area contributed by atoms with Crippen molar-refractivity contribution in [2.75, 3.05) is 0 Å². The first kappa shape index (κ1) is 28.2. The third-order valence-corrected chi connectivity index (χ3v) is 12.8. The van der Waals surface area contributed by atoms with Crippen LogP contribution in [0.2, 0.25) is 10.5 Å². The Bertz CT molecular complexity index is 988. The van der Waals surface area contributed by atoms with Crippen molar-refractivity contribution in [3.8, 4) is 11.1 Å². The average Bonchev–Trinajstić information content (AvgIpc) is 3.16. The minimum atomic E-state index is -2.71. The van der Waals surface area contributed by atoms with Gasteiger partial charge in [-0.05, 0) is 11.0 Å². The van der Waals surface area contributed by atoms with Crippen molar-refractivity contribution in [2.24, 2.45) is 5.92 Å². The van der Waals surface area contributed by atoms with Gasteiger partial charge >= 0.3 is 212 Å². The van der Waals surface area contributed by atoms with Crippen LogP contribution in [0.25, 0.3) is 17.2 Å². The predicted octanol–water partition coefficient (Wildman–Crippen LogP) is 7.56. The summed E-state index contributed by atoms with van der Waals surface area (Å²) in [5.41, 5.74) is 6.77. The minimum absolute atomic E-state index is 0. The quantitative estimate of drug-likeness (QED) is 0.410. The van der Waals surface area contributed by atoms with Crippen molar-refractivity contribution in [1.82, 2.24) is 3.80 Å². The number of nitrogens with one attached hydrogen (secondary N) is 1. The van der Waals surface area contributed by atoms with Crippen LogP contribution in [-0.4, -0.2) is 16.9 Å². The summed E-state index contributed by atoms with van der Waals surface area (Å²) < 4.78 is 4.10. The molecule has 0 radical (unpaired) electrons. The summed E-state index contributed by atoms with van der Waals surface area (Å²) >= 11 is -2.71. The maximum Gasteiger partial charge on any atom is -0.0149 e. The van der Waals surface area contributed by atoms with Gasteiger partial charge in [-0.25, -0.2) is 0 Å². The van der Waals surface area contributed by atoms with Crippen molar-refractivity contribution in [1.29, 1.82) is 0 Å². The van der Waals surface area contributed by atoms with E-state index >= 15 is 0 Å². The molecule has 1 amide bonds. The van der Waals surface area contributed by atoms with Crippen molar-refractivity contribution in [2.45, 2.75) is 92.2 Å². The van der Waals surface area contributed by atoms with Crippen LogP contribution >= 0.6 is 0 Å². The molecule has 0 saturated heterocycles. The van der Waals surface area contributed by atoms with E-state index in [2.05, 4.69) is 75.8 Å². The van der Waals surface area contributed by atoms with E-state index in [-0.39, 0.29) is 16.9 Å². The third kappa shape index (κ3) is 7.08. The molecule has 2 nitrogen and oxygen atoms in total. The fourth-order valence-corrected chi connectivity index (χ4v) is 11.3. The Hall–Kier alpha value is -1.42. The summed E-state index contributed by atoms with van der Waals surface area (Å²) in [5, 5.41) is 4.80. The average molecular weight is 526 g/mol. The van der Waals surface area contributed by atoms with Gasteiger partial charge in [-0.15, -0.1) is 0 Å². The number of carbonyl (C=O) groups excluding carboxylic acids is 1. The summed E-state index contributed by atoms with van der Waals surface area (Å²) in [6, 6.07) is 17.4. The topological polar surface area (TPSA) is 29.1 Å². The van der Waals surface area contributed by atoms with Gasteiger partial charge in [0.25, 0.3) is 0 Å². The summed E-state index contributed by atoms with van der Waals surface area (Å²) in [6.07, 6.45) is 16.3. The molecule has 2 aromatic carbocycles. The second kappa shape index (κ2) is 13.2. The molecule has 1 unspecified atom stereocenters. The molecule has 0 bridgehead atoms. The van der Waals surface area contributed by atoms with Crippen LogP contribution in [0.3, 0.4) is 0 Å². The van der Waals surface area contributed by atoms with E-state index < -0.39 is 16.8 Å². The zero-order valence-corrected chi connectivity index (χ0v) is 23.1. The Morgan fingerprint density at radius 3 is 1.97 bits per heavy atom. The molecular formula is C31H47NOSiTi. The zero-order valence-electron chi connectivity index (χ0n) is 21.5. The van der Waals surface area contributed by atoms with E-state index in [1.54, 1.807) is 0 Å². The molecule has 0 aromatic heterocycles. The Morgan fingerprint density at radius 2 is 1.37 bits per heavy atom. The van der Waals surface area contributed by atoms with E-state index in [1.165, 1.54) is 85.6 Å². The molecule has 2 aliphatic carbocycles. The number of hydrogen-bond acceptors (Lipinski definition) is 1. The van der Waals surface area contributed by atoms with Crippen LogP contribution < -0.4 is 3.80 Å². The van der Waals surface area contributed by atoms with Gasteiger partial charge in [-0.1, -0.05) is 0 Å². The van der Waals surface area contributed by atoms with Gasteiger partial charge in [0.05, 0.1) is 0 Å². The fraction of sp³-hybridized carbons (Fsp3) is 0.516. The second-order valence-electron chi connectivity index (χ2n) is 11.2. The Labute approximate surface area is 222 Å². The molecule has 1 fully saturated rings. The molecule has 2 aliphatic rings. The van der Waals surface area contributed by atoms with Gasteiger partial charge < -0.3 is 0 Å². The third-order valence-electron chi connectivity index (χ3n) is 8.01. The van der Waals surface area contributed by atoms with Gasteiger partial charge in [-0.2, -0.15) is 0 Å². The smallest absolute Gasteiger partial charge is 0.0149 e. The largest absolute Gasteiger partial charge is 0.0149 e. The summed E-state index contributed by atoms with van der Waals surface area (Å²) in [4.78, 5) is 13.6. The summed E-state index contributed by atoms with van der Waals surface area (Å²) in [6.45, 7) is 2.27. The fourth-order valence-electron chi connectivity index (χ4n) is 6.30. The van der Waals surface area contributed by atoms with Crippen molar-refractivity contribution in [3.05, 3.63) is 65.2 Å². The van der Waals surface area contributed by atoms with E-state index in [1.807, 2.05) is 0 Å². The van der Waals surface area contributed by atoms with Gasteiger partial charge in [0.2, 0.25) is 0 Å². The van der Waals surface area contributed by atoms with Crippen molar-refractivity contribution >= 4 is 22.9 Å². The maximum absolute atomic E-state index is 13.6. The number of hydrogen-bond donors (Lipinski definition) is 1.